The lowest BCUT2D eigenvalue weighted by molar-refractivity contribution is 0.324. The van der Waals surface area contributed by atoms with Crippen molar-refractivity contribution in [3.8, 4) is 34.4 Å². The molecule has 0 spiro atoms. The van der Waals surface area contributed by atoms with Gasteiger partial charge in [0.15, 0.2) is 11.5 Å². The molecule has 0 saturated carbocycles. The van der Waals surface area contributed by atoms with Crippen LogP contribution in [0.4, 0.5) is 0 Å². The second-order valence-electron chi connectivity index (χ2n) is 4.00. The zero-order chi connectivity index (χ0) is 14.5. The van der Waals surface area contributed by atoms with Gasteiger partial charge in [0.05, 0.1) is 33.6 Å². The minimum Gasteiger partial charge on any atom is -0.493 e. The number of nitrogens with zero attached hydrogens (tertiary/aromatic N) is 3. The first-order valence-corrected chi connectivity index (χ1v) is 5.93. The lowest BCUT2D eigenvalue weighted by atomic mass is 10.1. The number of hydrogen-bond acceptors (Lipinski definition) is 5. The first-order valence-electron chi connectivity index (χ1n) is 5.93. The molecule has 2 aromatic rings. The molecule has 2 rings (SSSR count). The molecule has 6 nitrogen and oxygen atoms in total. The predicted molar refractivity (Wildman–Crippen MR) is 72.9 cm³/mol. The number of methoxy groups -OCH3 is 3. The second kappa shape index (κ2) is 5.97. The van der Waals surface area contributed by atoms with E-state index in [0.29, 0.717) is 17.2 Å². The van der Waals surface area contributed by atoms with Gasteiger partial charge in [-0.05, 0) is 17.7 Å². The Morgan fingerprint density at radius 3 is 2.25 bits per heavy atom. The smallest absolute Gasteiger partial charge is 0.203 e. The second-order valence-corrected chi connectivity index (χ2v) is 4.00. The van der Waals surface area contributed by atoms with Crippen molar-refractivity contribution in [1.29, 1.82) is 5.26 Å². The molecule has 0 radical (unpaired) electrons. The maximum Gasteiger partial charge on any atom is 0.203 e. The van der Waals surface area contributed by atoms with Gasteiger partial charge in [-0.2, -0.15) is 10.4 Å². The summed E-state index contributed by atoms with van der Waals surface area (Å²) in [7, 11) is 4.70. The lowest BCUT2D eigenvalue weighted by Gasteiger charge is -2.13. The predicted octanol–water partition coefficient (Wildman–Crippen LogP) is 2.10. The highest BCUT2D eigenvalue weighted by Gasteiger charge is 2.14. The number of rotatable bonds is 5. The van der Waals surface area contributed by atoms with Crippen LogP contribution < -0.4 is 14.2 Å². The molecule has 104 valence electrons. The topological polar surface area (TPSA) is 69.3 Å². The van der Waals surface area contributed by atoms with E-state index < -0.39 is 0 Å². The monoisotopic (exact) mass is 273 g/mol. The molecule has 6 heteroatoms. The summed E-state index contributed by atoms with van der Waals surface area (Å²) in [6.07, 6.45) is 3.49. The number of aromatic nitrogens is 2. The minimum absolute atomic E-state index is 0.213. The van der Waals surface area contributed by atoms with Crippen molar-refractivity contribution in [2.24, 2.45) is 0 Å². The third-order valence-electron chi connectivity index (χ3n) is 2.86. The van der Waals surface area contributed by atoms with Crippen molar-refractivity contribution in [2.45, 2.75) is 6.54 Å². The minimum atomic E-state index is 0.213. The highest BCUT2D eigenvalue weighted by molar-refractivity contribution is 5.70. The Morgan fingerprint density at radius 2 is 1.75 bits per heavy atom. The zero-order valence-corrected chi connectivity index (χ0v) is 11.6. The summed E-state index contributed by atoms with van der Waals surface area (Å²) in [5.41, 5.74) is 1.75. The van der Waals surface area contributed by atoms with Crippen LogP contribution in [0.3, 0.4) is 0 Å². The van der Waals surface area contributed by atoms with E-state index in [-0.39, 0.29) is 6.54 Å². The van der Waals surface area contributed by atoms with E-state index in [0.717, 1.165) is 11.1 Å². The van der Waals surface area contributed by atoms with Crippen molar-refractivity contribution < 1.29 is 14.2 Å². The SMILES string of the molecule is COc1cc(-c2cnn(CC#N)c2)cc(OC)c1OC. The molecule has 0 aliphatic carbocycles. The fourth-order valence-corrected chi connectivity index (χ4v) is 1.92. The van der Waals surface area contributed by atoms with Crippen molar-refractivity contribution in [3.63, 3.8) is 0 Å². The Bertz CT molecular complexity index is 618. The summed E-state index contributed by atoms with van der Waals surface area (Å²) in [4.78, 5) is 0. The summed E-state index contributed by atoms with van der Waals surface area (Å²) in [5.74, 6) is 1.70. The Kier molecular flexibility index (Phi) is 4.11. The molecule has 0 bridgehead atoms. The first kappa shape index (κ1) is 13.7. The molecule has 0 aliphatic rings. The number of ether oxygens (including phenoxy) is 3. The third kappa shape index (κ3) is 2.52. The van der Waals surface area contributed by atoms with Crippen LogP contribution in [0.25, 0.3) is 11.1 Å². The average Bonchev–Trinajstić information content (AvgIpc) is 2.94. The van der Waals surface area contributed by atoms with Crippen LogP contribution in [0, 0.1) is 11.3 Å². The third-order valence-corrected chi connectivity index (χ3v) is 2.86. The number of hydrogen-bond donors (Lipinski definition) is 0. The molecule has 1 heterocycles. The molecule has 0 N–H and O–H groups in total. The summed E-state index contributed by atoms with van der Waals surface area (Å²) in [6.45, 7) is 0.213. The van der Waals surface area contributed by atoms with Gasteiger partial charge >= 0.3 is 0 Å². The molecule has 0 unspecified atom stereocenters. The highest BCUT2D eigenvalue weighted by atomic mass is 16.5. The van der Waals surface area contributed by atoms with Gasteiger partial charge in [0.1, 0.15) is 6.54 Å². The molecular weight excluding hydrogens is 258 g/mol. The van der Waals surface area contributed by atoms with E-state index in [1.54, 1.807) is 38.4 Å². The van der Waals surface area contributed by atoms with Crippen LogP contribution in [0.2, 0.25) is 0 Å². The molecule has 1 aromatic heterocycles. The van der Waals surface area contributed by atoms with Gasteiger partial charge in [0.2, 0.25) is 5.75 Å². The van der Waals surface area contributed by atoms with E-state index in [9.17, 15) is 0 Å². The van der Waals surface area contributed by atoms with Crippen LogP contribution in [0.1, 0.15) is 0 Å². The maximum absolute atomic E-state index is 8.66. The molecule has 0 fully saturated rings. The van der Waals surface area contributed by atoms with E-state index in [4.69, 9.17) is 19.5 Å². The van der Waals surface area contributed by atoms with Gasteiger partial charge < -0.3 is 14.2 Å². The molecule has 20 heavy (non-hydrogen) atoms. The summed E-state index contributed by atoms with van der Waals surface area (Å²) < 4.78 is 17.5. The van der Waals surface area contributed by atoms with Crippen LogP contribution in [0.15, 0.2) is 24.5 Å². The van der Waals surface area contributed by atoms with Crippen molar-refractivity contribution in [2.75, 3.05) is 21.3 Å². The van der Waals surface area contributed by atoms with Crippen LogP contribution in [-0.4, -0.2) is 31.1 Å². The Labute approximate surface area is 117 Å². The first-order chi connectivity index (χ1) is 9.73. The highest BCUT2D eigenvalue weighted by Crippen LogP contribution is 2.40. The molecule has 0 atom stereocenters. The van der Waals surface area contributed by atoms with Gasteiger partial charge in [-0.25, -0.2) is 0 Å². The van der Waals surface area contributed by atoms with E-state index in [1.807, 2.05) is 18.2 Å². The molecule has 1 aromatic carbocycles. The van der Waals surface area contributed by atoms with Gasteiger partial charge in [0, 0.05) is 11.8 Å². The molecular formula is C14H15N3O3. The number of benzene rings is 1. The zero-order valence-electron chi connectivity index (χ0n) is 11.6. The fourth-order valence-electron chi connectivity index (χ4n) is 1.92. The Balaban J connectivity index is 2.48. The largest absolute Gasteiger partial charge is 0.493 e. The molecule has 0 aliphatic heterocycles. The maximum atomic E-state index is 8.66. The van der Waals surface area contributed by atoms with Crippen LogP contribution >= 0.6 is 0 Å². The van der Waals surface area contributed by atoms with Gasteiger partial charge in [-0.1, -0.05) is 0 Å². The lowest BCUT2D eigenvalue weighted by Crippen LogP contribution is -1.95. The van der Waals surface area contributed by atoms with Crippen molar-refractivity contribution in [1.82, 2.24) is 9.78 Å². The van der Waals surface area contributed by atoms with Gasteiger partial charge in [0.25, 0.3) is 0 Å². The number of nitriles is 1. The van der Waals surface area contributed by atoms with E-state index in [1.165, 1.54) is 0 Å². The molecule has 0 saturated heterocycles. The Hall–Kier alpha value is -2.68. The standard InChI is InChI=1S/C14H15N3O3/c1-18-12-6-10(7-13(19-2)14(12)20-3)11-8-16-17(9-11)5-4-15/h6-9H,5H2,1-3H3. The quantitative estimate of drug-likeness (QED) is 0.834. The summed E-state index contributed by atoms with van der Waals surface area (Å²) in [5, 5.41) is 12.8. The Morgan fingerprint density at radius 1 is 1.10 bits per heavy atom. The molecule has 0 amide bonds. The van der Waals surface area contributed by atoms with Gasteiger partial charge in [-0.15, -0.1) is 0 Å². The summed E-state index contributed by atoms with van der Waals surface area (Å²) >= 11 is 0. The van der Waals surface area contributed by atoms with Crippen molar-refractivity contribution in [3.05, 3.63) is 24.5 Å². The van der Waals surface area contributed by atoms with Crippen molar-refractivity contribution >= 4 is 0 Å². The summed E-state index contributed by atoms with van der Waals surface area (Å²) in [6, 6.07) is 5.73. The van der Waals surface area contributed by atoms with Gasteiger partial charge in [-0.3, -0.25) is 4.68 Å². The normalized spacial score (nSPS) is 9.90. The van der Waals surface area contributed by atoms with Crippen LogP contribution in [0.5, 0.6) is 17.2 Å². The van der Waals surface area contributed by atoms with Crippen LogP contribution in [-0.2, 0) is 6.54 Å². The van der Waals surface area contributed by atoms with E-state index >= 15 is 0 Å². The van der Waals surface area contributed by atoms with E-state index in [2.05, 4.69) is 5.10 Å². The fraction of sp³-hybridized carbons (Fsp3) is 0.286. The average molecular weight is 273 g/mol.